The van der Waals surface area contributed by atoms with Crippen LogP contribution in [0.15, 0.2) is 75.7 Å². The molecule has 0 aromatic heterocycles. The van der Waals surface area contributed by atoms with Gasteiger partial charge >= 0.3 is 0 Å². The number of amides is 1. The third-order valence-corrected chi connectivity index (χ3v) is 6.74. The highest BCUT2D eigenvalue weighted by atomic mass is 35.5. The van der Waals surface area contributed by atoms with E-state index in [1.807, 2.05) is 34.6 Å². The van der Waals surface area contributed by atoms with Gasteiger partial charge in [0.1, 0.15) is 17.6 Å². The van der Waals surface area contributed by atoms with Crippen molar-refractivity contribution in [2.75, 3.05) is 6.54 Å². The Bertz CT molecular complexity index is 983. The van der Waals surface area contributed by atoms with Crippen molar-refractivity contribution in [1.29, 1.82) is 0 Å². The van der Waals surface area contributed by atoms with E-state index >= 15 is 0 Å². The first-order valence-electron chi connectivity index (χ1n) is 13.1. The van der Waals surface area contributed by atoms with Gasteiger partial charge in [0.25, 0.3) is 0 Å². The van der Waals surface area contributed by atoms with E-state index in [9.17, 15) is 9.18 Å². The molecule has 0 radical (unpaired) electrons. The molecule has 2 atom stereocenters. The fourth-order valence-corrected chi connectivity index (χ4v) is 3.97. The molecule has 0 saturated heterocycles. The van der Waals surface area contributed by atoms with Gasteiger partial charge in [-0.2, -0.15) is 4.39 Å². The van der Waals surface area contributed by atoms with E-state index < -0.39 is 17.9 Å². The van der Waals surface area contributed by atoms with E-state index in [1.54, 1.807) is 25.2 Å². The standard InChI is InChI=1S/C19H31ClN4O.C8H10FNO.C2H6/c1-5-15(20)10-16(13(3)21)14(4)24-18(11-17(22)25)23-12-19(6-2)8-7-9-19;1-5-3-4-7(9)10-8(5)6(2)11;1-2/h5,10-11,13,23H,6-9,12,21H2,1-4H3,(H2,22,25);3-4,8,10-11H,2H2,1H3;1-2H3/b15-5+,16-10-,18-11-,24-14+;;. The van der Waals surface area contributed by atoms with Crippen molar-refractivity contribution in [2.45, 2.75) is 86.2 Å². The maximum Gasteiger partial charge on any atom is 0.245 e. The quantitative estimate of drug-likeness (QED) is 0.0729. The number of aliphatic hydroxyl groups excluding tert-OH is 1. The zero-order valence-corrected chi connectivity index (χ0v) is 24.8. The Morgan fingerprint density at radius 2 is 2.00 bits per heavy atom. The zero-order valence-electron chi connectivity index (χ0n) is 24.0. The molecule has 2 rings (SSSR count). The molecule has 2 unspecified atom stereocenters. The predicted molar refractivity (Wildman–Crippen MR) is 159 cm³/mol. The van der Waals surface area contributed by atoms with E-state index in [2.05, 4.69) is 29.1 Å². The van der Waals surface area contributed by atoms with Gasteiger partial charge in [-0.05, 0) is 75.7 Å². The highest BCUT2D eigenvalue weighted by Crippen LogP contribution is 2.43. The molecule has 7 nitrogen and oxygen atoms in total. The summed E-state index contributed by atoms with van der Waals surface area (Å²) in [5.41, 5.74) is 14.0. The normalized spacial score (nSPS) is 20.1. The van der Waals surface area contributed by atoms with Gasteiger partial charge in [0.2, 0.25) is 5.91 Å². The first-order chi connectivity index (χ1) is 17.8. The van der Waals surface area contributed by atoms with Crippen molar-refractivity contribution in [3.8, 4) is 0 Å². The number of carbonyl (C=O) groups excluding carboxylic acids is 1. The third-order valence-electron chi connectivity index (χ3n) is 6.42. The topological polar surface area (TPSA) is 126 Å². The van der Waals surface area contributed by atoms with Crippen molar-refractivity contribution in [3.05, 3.63) is 70.7 Å². The Kier molecular flexibility index (Phi) is 16.3. The summed E-state index contributed by atoms with van der Waals surface area (Å²) in [5, 5.41) is 15.3. The molecule has 2 aliphatic rings. The van der Waals surface area contributed by atoms with Crippen molar-refractivity contribution in [2.24, 2.45) is 21.9 Å². The number of dihydropyridines is 1. The van der Waals surface area contributed by atoms with E-state index in [-0.39, 0.29) is 11.8 Å². The maximum atomic E-state index is 12.5. The number of carbonyl (C=O) groups is 1. The number of aliphatic hydroxyl groups is 1. The Morgan fingerprint density at radius 3 is 2.39 bits per heavy atom. The number of primary amides is 1. The van der Waals surface area contributed by atoms with Gasteiger partial charge < -0.3 is 27.2 Å². The van der Waals surface area contributed by atoms with Gasteiger partial charge in [-0.25, -0.2) is 4.99 Å². The molecule has 1 fully saturated rings. The van der Waals surface area contributed by atoms with Gasteiger partial charge in [0.15, 0.2) is 5.95 Å². The molecular weight excluding hydrogens is 505 g/mol. The van der Waals surface area contributed by atoms with Gasteiger partial charge in [-0.3, -0.25) is 4.79 Å². The van der Waals surface area contributed by atoms with Crippen LogP contribution in [0.4, 0.5) is 4.39 Å². The number of allylic oxidation sites excluding steroid dienone is 5. The molecule has 9 heteroatoms. The van der Waals surface area contributed by atoms with Crippen LogP contribution in [0.3, 0.4) is 0 Å². The maximum absolute atomic E-state index is 12.5. The van der Waals surface area contributed by atoms with E-state index in [0.29, 0.717) is 22.0 Å². The van der Waals surface area contributed by atoms with Gasteiger partial charge in [-0.1, -0.05) is 57.5 Å². The lowest BCUT2D eigenvalue weighted by Gasteiger charge is -2.41. The summed E-state index contributed by atoms with van der Waals surface area (Å²) in [6.45, 7) is 17.7. The van der Waals surface area contributed by atoms with Crippen LogP contribution in [0.25, 0.3) is 0 Å². The van der Waals surface area contributed by atoms with Crippen LogP contribution >= 0.6 is 11.6 Å². The number of hydrogen-bond acceptors (Lipinski definition) is 6. The molecule has 1 saturated carbocycles. The predicted octanol–water partition coefficient (Wildman–Crippen LogP) is 6.17. The summed E-state index contributed by atoms with van der Waals surface area (Å²) in [5.74, 6) is -0.582. The highest BCUT2D eigenvalue weighted by Gasteiger charge is 2.34. The fraction of sp³-hybridized carbons (Fsp3) is 0.517. The summed E-state index contributed by atoms with van der Waals surface area (Å²) in [6.07, 6.45) is 12.6. The second kappa shape index (κ2) is 17.6. The number of halogens is 2. The summed E-state index contributed by atoms with van der Waals surface area (Å²) in [4.78, 5) is 15.9. The van der Waals surface area contributed by atoms with Crippen molar-refractivity contribution in [3.63, 3.8) is 0 Å². The minimum absolute atomic E-state index is 0.0676. The molecule has 0 bridgehead atoms. The lowest BCUT2D eigenvalue weighted by atomic mass is 9.67. The zero-order chi connectivity index (χ0) is 29.5. The molecule has 38 heavy (non-hydrogen) atoms. The number of rotatable bonds is 10. The summed E-state index contributed by atoms with van der Waals surface area (Å²) in [6, 6.07) is -0.708. The average Bonchev–Trinajstić information content (AvgIpc) is 2.84. The summed E-state index contributed by atoms with van der Waals surface area (Å²) >= 11 is 6.11. The first-order valence-corrected chi connectivity index (χ1v) is 13.5. The lowest BCUT2D eigenvalue weighted by molar-refractivity contribution is -0.113. The van der Waals surface area contributed by atoms with Crippen LogP contribution in [-0.4, -0.2) is 35.4 Å². The third kappa shape index (κ3) is 12.1. The van der Waals surface area contributed by atoms with E-state index in [0.717, 1.165) is 24.1 Å². The molecule has 1 heterocycles. The monoisotopic (exact) mass is 551 g/mol. The first kappa shape index (κ1) is 35.2. The van der Waals surface area contributed by atoms with Crippen molar-refractivity contribution >= 4 is 23.2 Å². The Labute approximate surface area is 233 Å². The van der Waals surface area contributed by atoms with E-state index in [4.69, 9.17) is 28.2 Å². The average molecular weight is 552 g/mol. The Balaban J connectivity index is 0.000000873. The largest absolute Gasteiger partial charge is 0.510 e. The molecule has 0 spiro atoms. The van der Waals surface area contributed by atoms with Crippen LogP contribution in [0, 0.1) is 5.41 Å². The number of nitrogens with two attached hydrogens (primary N) is 2. The molecule has 1 aliphatic carbocycles. The number of nitrogens with one attached hydrogen (secondary N) is 2. The second-order valence-corrected chi connectivity index (χ2v) is 9.68. The summed E-state index contributed by atoms with van der Waals surface area (Å²) < 4.78 is 12.5. The number of aliphatic imine (C=N–C) groups is 1. The van der Waals surface area contributed by atoms with Crippen molar-refractivity contribution in [1.82, 2.24) is 10.6 Å². The van der Waals surface area contributed by atoms with Crippen LogP contribution in [0.1, 0.15) is 74.1 Å². The van der Waals surface area contributed by atoms with Crippen LogP contribution in [-0.2, 0) is 4.79 Å². The van der Waals surface area contributed by atoms with Crippen LogP contribution in [0.2, 0.25) is 0 Å². The van der Waals surface area contributed by atoms with Gasteiger partial charge in [0.05, 0.1) is 0 Å². The Morgan fingerprint density at radius 1 is 1.39 bits per heavy atom. The second-order valence-electron chi connectivity index (χ2n) is 9.25. The number of nitrogens with zero attached hydrogens (tertiary/aromatic N) is 1. The molecule has 7 N–H and O–H groups in total. The minimum Gasteiger partial charge on any atom is -0.510 e. The number of hydrogen-bond donors (Lipinski definition) is 5. The SMILES string of the molecule is C=C(O)C1NC(F)=CC=C1C.CC.C\C=C(Cl)/C=C(\C(C)=N\C(=C/C(N)=O)NCC1(CC)CCC1)C(C)N. The Hall–Kier alpha value is -2.84. The smallest absolute Gasteiger partial charge is 0.245 e. The van der Waals surface area contributed by atoms with Gasteiger partial charge in [-0.15, -0.1) is 0 Å². The van der Waals surface area contributed by atoms with Crippen LogP contribution in [0.5, 0.6) is 0 Å². The molecule has 214 valence electrons. The fourth-order valence-electron chi connectivity index (χ4n) is 3.86. The summed E-state index contributed by atoms with van der Waals surface area (Å²) in [7, 11) is 0. The lowest BCUT2D eigenvalue weighted by Crippen LogP contribution is -2.39. The molecule has 0 aromatic carbocycles. The molecule has 1 aliphatic heterocycles. The molecular formula is C29H47ClFN5O2. The van der Waals surface area contributed by atoms with Crippen LogP contribution < -0.4 is 22.1 Å². The van der Waals surface area contributed by atoms with Crippen molar-refractivity contribution < 1.29 is 14.3 Å². The van der Waals surface area contributed by atoms with Gasteiger partial charge in [0, 0.05) is 29.4 Å². The highest BCUT2D eigenvalue weighted by molar-refractivity contribution is 6.31. The molecule has 1 amide bonds. The molecule has 0 aromatic rings. The van der Waals surface area contributed by atoms with E-state index in [1.165, 1.54) is 31.4 Å². The minimum atomic E-state index is -0.531.